The summed E-state index contributed by atoms with van der Waals surface area (Å²) in [6, 6.07) is 13.7. The Morgan fingerprint density at radius 2 is 1.85 bits per heavy atom. The molecule has 4 rings (SSSR count). The number of esters is 1. The zero-order valence-corrected chi connectivity index (χ0v) is 18.7. The second-order valence-electron chi connectivity index (χ2n) is 8.05. The molecule has 0 saturated carbocycles. The number of β-lactam (4-membered cyclic amide) rings is 1. The van der Waals surface area contributed by atoms with Crippen molar-refractivity contribution in [2.75, 3.05) is 0 Å². The molecule has 5 atom stereocenters. The van der Waals surface area contributed by atoms with E-state index in [4.69, 9.17) is 4.74 Å². The first-order valence-corrected chi connectivity index (χ1v) is 11.5. The van der Waals surface area contributed by atoms with Crippen molar-refractivity contribution in [2.24, 2.45) is 11.8 Å². The van der Waals surface area contributed by atoms with Crippen LogP contribution in [0.5, 0.6) is 0 Å². The number of nitro benzene ring substituents is 1. The zero-order valence-electron chi connectivity index (χ0n) is 17.9. The summed E-state index contributed by atoms with van der Waals surface area (Å²) in [4.78, 5) is 38.3. The molecular weight excluding hydrogens is 448 g/mol. The third-order valence-corrected chi connectivity index (χ3v) is 7.64. The highest BCUT2D eigenvalue weighted by Gasteiger charge is 2.61. The van der Waals surface area contributed by atoms with E-state index in [2.05, 4.69) is 0 Å². The number of benzene rings is 2. The Balaban J connectivity index is 1.64. The number of nitrogens with zero attached hydrogens (tertiary/aromatic N) is 2. The van der Waals surface area contributed by atoms with Gasteiger partial charge >= 0.3 is 5.97 Å². The molecule has 9 nitrogen and oxygen atoms in total. The van der Waals surface area contributed by atoms with Crippen molar-refractivity contribution < 1.29 is 28.6 Å². The van der Waals surface area contributed by atoms with Crippen molar-refractivity contribution in [3.63, 3.8) is 0 Å². The number of hydrogen-bond donors (Lipinski definition) is 1. The SMILES string of the molecule is C[C@@H](O)[C@H]1C(=O)N2C(C(=O)OCc3ccc([N+](=O)[O-])cc3)=C(S(=O)c3ccccc3)[C@H](C)[C@H]12. The Bertz CT molecular complexity index is 1160. The van der Waals surface area contributed by atoms with Crippen molar-refractivity contribution >= 4 is 28.4 Å². The van der Waals surface area contributed by atoms with Crippen molar-refractivity contribution in [2.45, 2.75) is 37.5 Å². The van der Waals surface area contributed by atoms with Gasteiger partial charge in [-0.1, -0.05) is 25.1 Å². The van der Waals surface area contributed by atoms with Gasteiger partial charge in [0, 0.05) is 22.9 Å². The zero-order chi connectivity index (χ0) is 23.9. The molecule has 2 aromatic rings. The molecule has 0 bridgehead atoms. The van der Waals surface area contributed by atoms with Crippen LogP contribution in [0, 0.1) is 22.0 Å². The largest absolute Gasteiger partial charge is 0.456 e. The van der Waals surface area contributed by atoms with Crippen LogP contribution in [0.25, 0.3) is 0 Å². The molecule has 1 N–H and O–H groups in total. The number of non-ortho nitro benzene ring substituents is 1. The van der Waals surface area contributed by atoms with Crippen LogP contribution in [-0.2, 0) is 31.7 Å². The summed E-state index contributed by atoms with van der Waals surface area (Å²) in [6.07, 6.45) is -0.914. The maximum Gasteiger partial charge on any atom is 0.356 e. The number of aliphatic hydroxyl groups excluding tert-OH is 1. The topological polar surface area (TPSA) is 127 Å². The number of ether oxygens (including phenoxy) is 1. The molecule has 1 saturated heterocycles. The Morgan fingerprint density at radius 3 is 2.42 bits per heavy atom. The lowest BCUT2D eigenvalue weighted by Crippen LogP contribution is -2.63. The third kappa shape index (κ3) is 3.96. The number of carbonyl (C=O) groups excluding carboxylic acids is 2. The molecule has 0 aromatic heterocycles. The summed E-state index contributed by atoms with van der Waals surface area (Å²) in [7, 11) is -1.71. The summed E-state index contributed by atoms with van der Waals surface area (Å²) < 4.78 is 18.8. The quantitative estimate of drug-likeness (QED) is 0.285. The monoisotopic (exact) mass is 470 g/mol. The van der Waals surface area contributed by atoms with Gasteiger partial charge in [0.25, 0.3) is 5.69 Å². The van der Waals surface area contributed by atoms with Crippen LogP contribution < -0.4 is 0 Å². The van der Waals surface area contributed by atoms with Gasteiger partial charge in [0.05, 0.1) is 38.7 Å². The Morgan fingerprint density at radius 1 is 1.21 bits per heavy atom. The number of rotatable bonds is 7. The van der Waals surface area contributed by atoms with Crippen LogP contribution in [-0.4, -0.2) is 43.2 Å². The van der Waals surface area contributed by atoms with Crippen LogP contribution in [0.15, 0.2) is 70.1 Å². The standard InChI is InChI=1S/C23H22N2O7S/c1-13-19-18(14(2)26)22(27)24(19)20(21(13)33(31)17-6-4-3-5-7-17)23(28)32-12-15-8-10-16(11-9-15)25(29)30/h3-11,13-14,18-19,26H,12H2,1-2H3/t13-,14-,18-,19-,33?/m1/s1. The molecule has 1 unspecified atom stereocenters. The molecule has 1 amide bonds. The molecule has 10 heteroatoms. The van der Waals surface area contributed by atoms with Gasteiger partial charge < -0.3 is 14.7 Å². The van der Waals surface area contributed by atoms with Gasteiger partial charge in [-0.15, -0.1) is 0 Å². The van der Waals surface area contributed by atoms with Crippen molar-refractivity contribution in [1.82, 2.24) is 4.90 Å². The summed E-state index contributed by atoms with van der Waals surface area (Å²) >= 11 is 0. The number of fused-ring (bicyclic) bond motifs is 1. The van der Waals surface area contributed by atoms with E-state index in [-0.39, 0.29) is 22.9 Å². The van der Waals surface area contributed by atoms with E-state index in [9.17, 15) is 29.0 Å². The van der Waals surface area contributed by atoms with Gasteiger partial charge in [0.2, 0.25) is 5.91 Å². The highest BCUT2D eigenvalue weighted by Crippen LogP contribution is 2.49. The fraction of sp³-hybridized carbons (Fsp3) is 0.304. The molecule has 0 aliphatic carbocycles. The Hall–Kier alpha value is -3.37. The van der Waals surface area contributed by atoms with Crippen LogP contribution in [0.2, 0.25) is 0 Å². The van der Waals surface area contributed by atoms with Crippen molar-refractivity contribution in [3.8, 4) is 0 Å². The minimum atomic E-state index is -1.71. The number of carbonyl (C=O) groups is 2. The molecular formula is C23H22N2O7S. The highest BCUT2D eigenvalue weighted by molar-refractivity contribution is 7.89. The van der Waals surface area contributed by atoms with E-state index < -0.39 is 51.6 Å². The second kappa shape index (κ2) is 8.87. The van der Waals surface area contributed by atoms with Gasteiger partial charge in [-0.3, -0.25) is 14.9 Å². The molecule has 0 spiro atoms. The third-order valence-electron chi connectivity index (χ3n) is 5.98. The van der Waals surface area contributed by atoms with E-state index in [0.29, 0.717) is 10.5 Å². The minimum absolute atomic E-state index is 0.0569. The van der Waals surface area contributed by atoms with Gasteiger partial charge in [0.15, 0.2) is 0 Å². The first-order chi connectivity index (χ1) is 15.7. The van der Waals surface area contributed by atoms with Gasteiger partial charge in [-0.05, 0) is 36.8 Å². The number of hydrogen-bond acceptors (Lipinski definition) is 7. The summed E-state index contributed by atoms with van der Waals surface area (Å²) in [6.45, 7) is 3.13. The van der Waals surface area contributed by atoms with E-state index in [1.165, 1.54) is 36.1 Å². The van der Waals surface area contributed by atoms with E-state index in [0.717, 1.165) is 0 Å². The number of nitro groups is 1. The lowest BCUT2D eigenvalue weighted by atomic mass is 9.79. The molecule has 2 aliphatic rings. The molecule has 2 aliphatic heterocycles. The van der Waals surface area contributed by atoms with Gasteiger partial charge in [0.1, 0.15) is 12.3 Å². The summed E-state index contributed by atoms with van der Waals surface area (Å²) in [5, 5.41) is 20.9. The van der Waals surface area contributed by atoms with Crippen molar-refractivity contribution in [3.05, 3.63) is 80.9 Å². The molecule has 33 heavy (non-hydrogen) atoms. The van der Waals surface area contributed by atoms with Crippen LogP contribution >= 0.6 is 0 Å². The Labute approximate surface area is 192 Å². The molecule has 1 fully saturated rings. The first-order valence-electron chi connectivity index (χ1n) is 10.3. The predicted molar refractivity (Wildman–Crippen MR) is 118 cm³/mol. The predicted octanol–water partition coefficient (Wildman–Crippen LogP) is 2.51. The number of aliphatic hydroxyl groups is 1. The minimum Gasteiger partial charge on any atom is -0.456 e. The number of amides is 1. The second-order valence-corrected chi connectivity index (χ2v) is 9.50. The van der Waals surface area contributed by atoms with E-state index in [1.807, 2.05) is 0 Å². The molecule has 2 heterocycles. The van der Waals surface area contributed by atoms with Gasteiger partial charge in [-0.2, -0.15) is 0 Å². The van der Waals surface area contributed by atoms with Gasteiger partial charge in [-0.25, -0.2) is 9.00 Å². The average molecular weight is 471 g/mol. The highest BCUT2D eigenvalue weighted by atomic mass is 32.2. The van der Waals surface area contributed by atoms with Crippen molar-refractivity contribution in [1.29, 1.82) is 0 Å². The van der Waals surface area contributed by atoms with E-state index in [1.54, 1.807) is 37.3 Å². The maximum atomic E-state index is 13.4. The maximum absolute atomic E-state index is 13.4. The lowest BCUT2D eigenvalue weighted by Gasteiger charge is -2.46. The fourth-order valence-electron chi connectivity index (χ4n) is 4.36. The fourth-order valence-corrected chi connectivity index (χ4v) is 5.86. The normalized spacial score (nSPS) is 23.5. The molecule has 2 aromatic carbocycles. The summed E-state index contributed by atoms with van der Waals surface area (Å²) in [5.41, 5.74) is 0.384. The van der Waals surface area contributed by atoms with Crippen LogP contribution in [0.4, 0.5) is 5.69 Å². The lowest BCUT2D eigenvalue weighted by molar-refractivity contribution is -0.384. The Kier molecular flexibility index (Phi) is 6.13. The average Bonchev–Trinajstić information content (AvgIpc) is 3.06. The molecule has 0 radical (unpaired) electrons. The van der Waals surface area contributed by atoms with E-state index >= 15 is 0 Å². The summed E-state index contributed by atoms with van der Waals surface area (Å²) in [5.74, 6) is -2.34. The first kappa shape index (κ1) is 22.8. The smallest absolute Gasteiger partial charge is 0.356 e. The van der Waals surface area contributed by atoms with Crippen LogP contribution in [0.1, 0.15) is 19.4 Å². The molecule has 172 valence electrons. The van der Waals surface area contributed by atoms with Crippen LogP contribution in [0.3, 0.4) is 0 Å².